The van der Waals surface area contributed by atoms with Gasteiger partial charge in [0.05, 0.1) is 0 Å². The van der Waals surface area contributed by atoms with Crippen molar-refractivity contribution >= 4 is 5.78 Å². The summed E-state index contributed by atoms with van der Waals surface area (Å²) in [5.41, 5.74) is 0. The summed E-state index contributed by atoms with van der Waals surface area (Å²) in [6.45, 7) is 7.80. The summed E-state index contributed by atoms with van der Waals surface area (Å²) >= 11 is 0. The van der Waals surface area contributed by atoms with Crippen LogP contribution in [0.3, 0.4) is 0 Å². The van der Waals surface area contributed by atoms with Crippen LogP contribution in [0.15, 0.2) is 12.7 Å². The smallest absolute Gasteiger partial charge is 0.137 e. The van der Waals surface area contributed by atoms with Crippen LogP contribution < -0.4 is 0 Å². The molecule has 1 radical (unpaired) electrons. The maximum atomic E-state index is 11.0. The van der Waals surface area contributed by atoms with Crippen molar-refractivity contribution in [3.05, 3.63) is 19.1 Å². The standard InChI is InChI=1S/C10H17O/c1-4-5-6-10(11)8-7-9(2)3/h4,6,9H,1,5,7-8H2,2-3H3. The van der Waals surface area contributed by atoms with Crippen LogP contribution in [0.25, 0.3) is 0 Å². The van der Waals surface area contributed by atoms with Crippen molar-refractivity contribution in [1.29, 1.82) is 0 Å². The predicted octanol–water partition coefficient (Wildman–Crippen LogP) is 2.77. The first kappa shape index (κ1) is 10.4. The molecule has 0 unspecified atom stereocenters. The Morgan fingerprint density at radius 1 is 1.55 bits per heavy atom. The molecule has 1 heteroatoms. The molecule has 0 rings (SSSR count). The minimum Gasteiger partial charge on any atom is -0.299 e. The van der Waals surface area contributed by atoms with Gasteiger partial charge in [-0.3, -0.25) is 4.79 Å². The normalized spacial score (nSPS) is 10.1. The Kier molecular flexibility index (Phi) is 5.81. The zero-order valence-electron chi connectivity index (χ0n) is 7.47. The number of rotatable bonds is 6. The summed E-state index contributed by atoms with van der Waals surface area (Å²) in [5.74, 6) is 0.870. The lowest BCUT2D eigenvalue weighted by atomic mass is 10.0. The number of hydrogen-bond acceptors (Lipinski definition) is 1. The van der Waals surface area contributed by atoms with E-state index in [0.29, 0.717) is 18.8 Å². The van der Waals surface area contributed by atoms with Crippen molar-refractivity contribution in [2.75, 3.05) is 0 Å². The quantitative estimate of drug-likeness (QED) is 0.536. The van der Waals surface area contributed by atoms with Crippen molar-refractivity contribution in [2.24, 2.45) is 5.92 Å². The Morgan fingerprint density at radius 3 is 2.64 bits per heavy atom. The van der Waals surface area contributed by atoms with Gasteiger partial charge in [0.25, 0.3) is 0 Å². The molecule has 63 valence electrons. The molecule has 0 aliphatic carbocycles. The second kappa shape index (κ2) is 6.14. The van der Waals surface area contributed by atoms with Gasteiger partial charge in [-0.2, -0.15) is 0 Å². The molecule has 0 spiro atoms. The Labute approximate surface area is 69.5 Å². The Hall–Kier alpha value is -0.590. The maximum absolute atomic E-state index is 11.0. The van der Waals surface area contributed by atoms with Gasteiger partial charge >= 0.3 is 0 Å². The second-order valence-electron chi connectivity index (χ2n) is 3.13. The van der Waals surface area contributed by atoms with E-state index >= 15 is 0 Å². The molecule has 0 aliphatic rings. The van der Waals surface area contributed by atoms with E-state index in [0.717, 1.165) is 6.42 Å². The molecule has 1 nitrogen and oxygen atoms in total. The summed E-state index contributed by atoms with van der Waals surface area (Å²) in [6.07, 6.45) is 5.83. The highest BCUT2D eigenvalue weighted by molar-refractivity contribution is 5.86. The number of ketones is 1. The van der Waals surface area contributed by atoms with E-state index in [-0.39, 0.29) is 5.78 Å². The minimum atomic E-state index is 0.249. The van der Waals surface area contributed by atoms with Crippen LogP contribution in [0, 0.1) is 12.3 Å². The van der Waals surface area contributed by atoms with Gasteiger partial charge in [-0.15, -0.1) is 6.58 Å². The summed E-state index contributed by atoms with van der Waals surface area (Å²) in [5, 5.41) is 0. The zero-order chi connectivity index (χ0) is 8.69. The van der Waals surface area contributed by atoms with Gasteiger partial charge in [-0.05, 0) is 18.8 Å². The zero-order valence-corrected chi connectivity index (χ0v) is 7.47. The lowest BCUT2D eigenvalue weighted by Crippen LogP contribution is -2.00. The third-order valence-electron chi connectivity index (χ3n) is 1.48. The van der Waals surface area contributed by atoms with E-state index in [1.165, 1.54) is 0 Å². The molecule has 0 aromatic rings. The summed E-state index contributed by atoms with van der Waals surface area (Å²) in [6, 6.07) is 0. The third kappa shape index (κ3) is 7.31. The number of carbonyl (C=O) groups excluding carboxylic acids is 1. The predicted molar refractivity (Wildman–Crippen MR) is 48.2 cm³/mol. The van der Waals surface area contributed by atoms with Gasteiger partial charge in [0, 0.05) is 12.8 Å². The van der Waals surface area contributed by atoms with Crippen LogP contribution in [-0.4, -0.2) is 5.78 Å². The van der Waals surface area contributed by atoms with E-state index < -0.39 is 0 Å². The topological polar surface area (TPSA) is 17.1 Å². The SMILES string of the molecule is C=CC[CH]C(=O)CCC(C)C. The van der Waals surface area contributed by atoms with Crippen molar-refractivity contribution in [1.82, 2.24) is 0 Å². The van der Waals surface area contributed by atoms with Crippen LogP contribution in [0.1, 0.15) is 33.1 Å². The van der Waals surface area contributed by atoms with E-state index in [1.807, 2.05) is 0 Å². The van der Waals surface area contributed by atoms with Gasteiger partial charge in [0.15, 0.2) is 0 Å². The van der Waals surface area contributed by atoms with Gasteiger partial charge in [0.2, 0.25) is 0 Å². The highest BCUT2D eigenvalue weighted by Crippen LogP contribution is 2.05. The van der Waals surface area contributed by atoms with Gasteiger partial charge in [-0.25, -0.2) is 0 Å². The molecule has 0 saturated heterocycles. The number of hydrogen-bond donors (Lipinski definition) is 0. The van der Waals surface area contributed by atoms with Crippen LogP contribution in [-0.2, 0) is 4.79 Å². The molecule has 0 aromatic heterocycles. The molecular formula is C10H17O. The minimum absolute atomic E-state index is 0.249. The fourth-order valence-corrected chi connectivity index (χ4v) is 0.748. The Morgan fingerprint density at radius 2 is 2.18 bits per heavy atom. The largest absolute Gasteiger partial charge is 0.299 e. The van der Waals surface area contributed by atoms with Crippen LogP contribution >= 0.6 is 0 Å². The van der Waals surface area contributed by atoms with Gasteiger partial charge < -0.3 is 0 Å². The van der Waals surface area contributed by atoms with Crippen molar-refractivity contribution in [3.8, 4) is 0 Å². The molecule has 0 fully saturated rings. The van der Waals surface area contributed by atoms with Crippen molar-refractivity contribution in [2.45, 2.75) is 33.1 Å². The highest BCUT2D eigenvalue weighted by Gasteiger charge is 2.01. The summed E-state index contributed by atoms with van der Waals surface area (Å²) in [7, 11) is 0. The molecule has 0 N–H and O–H groups in total. The molecular weight excluding hydrogens is 136 g/mol. The highest BCUT2D eigenvalue weighted by atomic mass is 16.1. The Balaban J connectivity index is 3.29. The monoisotopic (exact) mass is 153 g/mol. The van der Waals surface area contributed by atoms with Crippen LogP contribution in [0.5, 0.6) is 0 Å². The molecule has 0 aromatic carbocycles. The first-order chi connectivity index (χ1) is 5.16. The molecule has 0 amide bonds. The molecule has 0 bridgehead atoms. The summed E-state index contributed by atoms with van der Waals surface area (Å²) in [4.78, 5) is 11.0. The van der Waals surface area contributed by atoms with E-state index in [9.17, 15) is 4.79 Å². The first-order valence-corrected chi connectivity index (χ1v) is 4.13. The van der Waals surface area contributed by atoms with Crippen LogP contribution in [0.4, 0.5) is 0 Å². The van der Waals surface area contributed by atoms with E-state index in [4.69, 9.17) is 0 Å². The number of carbonyl (C=O) groups is 1. The molecule has 0 aliphatic heterocycles. The third-order valence-corrected chi connectivity index (χ3v) is 1.48. The van der Waals surface area contributed by atoms with Gasteiger partial charge in [0.1, 0.15) is 5.78 Å². The Bertz CT molecular complexity index is 125. The average molecular weight is 153 g/mol. The summed E-state index contributed by atoms with van der Waals surface area (Å²) < 4.78 is 0. The fourth-order valence-electron chi connectivity index (χ4n) is 0.748. The molecule has 0 atom stereocenters. The van der Waals surface area contributed by atoms with Crippen LogP contribution in [0.2, 0.25) is 0 Å². The molecule has 0 saturated carbocycles. The lowest BCUT2D eigenvalue weighted by molar-refractivity contribution is -0.116. The van der Waals surface area contributed by atoms with E-state index in [1.54, 1.807) is 12.5 Å². The average Bonchev–Trinajstić information content (AvgIpc) is 1.97. The molecule has 11 heavy (non-hydrogen) atoms. The number of Topliss-reactive ketones (excluding diaryl/α,β-unsaturated/α-hetero) is 1. The molecule has 0 heterocycles. The maximum Gasteiger partial charge on any atom is 0.137 e. The fraction of sp³-hybridized carbons (Fsp3) is 0.600. The van der Waals surface area contributed by atoms with Crippen molar-refractivity contribution < 1.29 is 4.79 Å². The lowest BCUT2D eigenvalue weighted by Gasteiger charge is -2.01. The second-order valence-corrected chi connectivity index (χ2v) is 3.13. The van der Waals surface area contributed by atoms with Crippen molar-refractivity contribution in [3.63, 3.8) is 0 Å². The first-order valence-electron chi connectivity index (χ1n) is 4.13. The van der Waals surface area contributed by atoms with E-state index in [2.05, 4.69) is 20.4 Å². The number of allylic oxidation sites excluding steroid dienone is 1. The van der Waals surface area contributed by atoms with Gasteiger partial charge in [-0.1, -0.05) is 19.9 Å².